The third-order valence-electron chi connectivity index (χ3n) is 2.41. The van der Waals surface area contributed by atoms with Gasteiger partial charge in [0.05, 0.1) is 17.7 Å². The standard InChI is InChI=1S/C13H17N3S/c1-16(2)8-11-3-5-12(6-4-11)14-7-13-9-17-10-15-13/h3-6,9-10,14H,7-8H2,1-2H3. The zero-order valence-electron chi connectivity index (χ0n) is 10.2. The molecular formula is C13H17N3S. The van der Waals surface area contributed by atoms with Crippen LogP contribution in [0, 0.1) is 0 Å². The lowest BCUT2D eigenvalue weighted by Crippen LogP contribution is -2.10. The molecule has 3 nitrogen and oxygen atoms in total. The summed E-state index contributed by atoms with van der Waals surface area (Å²) in [5.74, 6) is 0. The van der Waals surface area contributed by atoms with Crippen LogP contribution in [0.2, 0.25) is 0 Å². The first-order valence-electron chi connectivity index (χ1n) is 5.58. The summed E-state index contributed by atoms with van der Waals surface area (Å²) in [4.78, 5) is 6.40. The molecule has 0 amide bonds. The van der Waals surface area contributed by atoms with E-state index in [9.17, 15) is 0 Å². The van der Waals surface area contributed by atoms with Crippen molar-refractivity contribution in [3.8, 4) is 0 Å². The lowest BCUT2D eigenvalue weighted by molar-refractivity contribution is 0.402. The number of nitrogens with zero attached hydrogens (tertiary/aromatic N) is 2. The first-order chi connectivity index (χ1) is 8.24. The Morgan fingerprint density at radius 2 is 2.00 bits per heavy atom. The minimum atomic E-state index is 0.788. The van der Waals surface area contributed by atoms with Crippen LogP contribution in [0.25, 0.3) is 0 Å². The van der Waals surface area contributed by atoms with Crippen LogP contribution in [0.3, 0.4) is 0 Å². The van der Waals surface area contributed by atoms with E-state index in [1.54, 1.807) is 11.3 Å². The fourth-order valence-electron chi connectivity index (χ4n) is 1.61. The van der Waals surface area contributed by atoms with E-state index in [1.807, 2.05) is 5.51 Å². The van der Waals surface area contributed by atoms with Crippen LogP contribution in [0.15, 0.2) is 35.2 Å². The number of anilines is 1. The Morgan fingerprint density at radius 3 is 2.59 bits per heavy atom. The highest BCUT2D eigenvalue weighted by Gasteiger charge is 1.97. The maximum atomic E-state index is 4.24. The number of nitrogens with one attached hydrogen (secondary N) is 1. The van der Waals surface area contributed by atoms with Crippen LogP contribution in [0.4, 0.5) is 5.69 Å². The Labute approximate surface area is 106 Å². The molecule has 2 aromatic rings. The summed E-state index contributed by atoms with van der Waals surface area (Å²) in [5, 5.41) is 5.42. The lowest BCUT2D eigenvalue weighted by atomic mass is 10.2. The highest BCUT2D eigenvalue weighted by molar-refractivity contribution is 7.07. The summed E-state index contributed by atoms with van der Waals surface area (Å²) >= 11 is 1.63. The van der Waals surface area contributed by atoms with E-state index < -0.39 is 0 Å². The van der Waals surface area contributed by atoms with E-state index in [0.717, 1.165) is 24.5 Å². The van der Waals surface area contributed by atoms with Crippen molar-refractivity contribution in [1.82, 2.24) is 9.88 Å². The maximum Gasteiger partial charge on any atom is 0.0795 e. The molecule has 0 bridgehead atoms. The molecule has 90 valence electrons. The molecule has 0 aliphatic rings. The third-order valence-corrected chi connectivity index (χ3v) is 3.05. The fourth-order valence-corrected chi connectivity index (χ4v) is 2.17. The van der Waals surface area contributed by atoms with Gasteiger partial charge in [0.1, 0.15) is 0 Å². The summed E-state index contributed by atoms with van der Waals surface area (Å²) < 4.78 is 0. The molecule has 0 radical (unpaired) electrons. The lowest BCUT2D eigenvalue weighted by Gasteiger charge is -2.10. The molecule has 1 aromatic carbocycles. The van der Waals surface area contributed by atoms with Crippen molar-refractivity contribution in [3.63, 3.8) is 0 Å². The van der Waals surface area contributed by atoms with Crippen LogP contribution in [-0.4, -0.2) is 24.0 Å². The van der Waals surface area contributed by atoms with Gasteiger partial charge < -0.3 is 10.2 Å². The van der Waals surface area contributed by atoms with E-state index >= 15 is 0 Å². The fraction of sp³-hybridized carbons (Fsp3) is 0.308. The monoisotopic (exact) mass is 247 g/mol. The van der Waals surface area contributed by atoms with Crippen molar-refractivity contribution >= 4 is 17.0 Å². The highest BCUT2D eigenvalue weighted by atomic mass is 32.1. The molecule has 0 unspecified atom stereocenters. The quantitative estimate of drug-likeness (QED) is 0.880. The van der Waals surface area contributed by atoms with Gasteiger partial charge in [-0.05, 0) is 31.8 Å². The predicted octanol–water partition coefficient (Wildman–Crippen LogP) is 2.82. The van der Waals surface area contributed by atoms with Crippen LogP contribution < -0.4 is 5.32 Å². The summed E-state index contributed by atoms with van der Waals surface area (Å²) in [5.41, 5.74) is 5.42. The topological polar surface area (TPSA) is 28.2 Å². The second-order valence-corrected chi connectivity index (χ2v) is 4.99. The number of hydrogen-bond acceptors (Lipinski definition) is 4. The van der Waals surface area contributed by atoms with Crippen molar-refractivity contribution in [1.29, 1.82) is 0 Å². The van der Waals surface area contributed by atoms with Gasteiger partial charge >= 0.3 is 0 Å². The molecule has 0 saturated heterocycles. The van der Waals surface area contributed by atoms with Crippen LogP contribution in [0.5, 0.6) is 0 Å². The molecule has 0 aliphatic carbocycles. The largest absolute Gasteiger partial charge is 0.379 e. The number of rotatable bonds is 5. The predicted molar refractivity (Wildman–Crippen MR) is 73.3 cm³/mol. The smallest absolute Gasteiger partial charge is 0.0795 e. The average Bonchev–Trinajstić information content (AvgIpc) is 2.80. The minimum absolute atomic E-state index is 0.788. The van der Waals surface area contributed by atoms with Crippen molar-refractivity contribution in [2.24, 2.45) is 0 Å². The molecule has 4 heteroatoms. The Balaban J connectivity index is 1.89. The van der Waals surface area contributed by atoms with Gasteiger partial charge in [-0.1, -0.05) is 12.1 Å². The second kappa shape index (κ2) is 5.80. The summed E-state index contributed by atoms with van der Waals surface area (Å²) in [6, 6.07) is 8.54. The van der Waals surface area contributed by atoms with Gasteiger partial charge in [-0.2, -0.15) is 0 Å². The van der Waals surface area contributed by atoms with Gasteiger partial charge in [0.2, 0.25) is 0 Å². The first kappa shape index (κ1) is 12.1. The van der Waals surface area contributed by atoms with Gasteiger partial charge in [0.15, 0.2) is 0 Å². The zero-order valence-corrected chi connectivity index (χ0v) is 11.0. The normalized spacial score (nSPS) is 10.8. The summed E-state index contributed by atoms with van der Waals surface area (Å²) in [6.45, 7) is 1.77. The third kappa shape index (κ3) is 3.84. The Hall–Kier alpha value is -1.39. The Morgan fingerprint density at radius 1 is 1.24 bits per heavy atom. The maximum absolute atomic E-state index is 4.24. The molecule has 0 spiro atoms. The van der Waals surface area contributed by atoms with E-state index in [4.69, 9.17) is 0 Å². The van der Waals surface area contributed by atoms with Gasteiger partial charge in [-0.3, -0.25) is 0 Å². The van der Waals surface area contributed by atoms with Crippen molar-refractivity contribution in [2.45, 2.75) is 13.1 Å². The van der Waals surface area contributed by atoms with Gasteiger partial charge in [-0.15, -0.1) is 11.3 Å². The molecule has 0 saturated carbocycles. The van der Waals surface area contributed by atoms with E-state index in [2.05, 4.69) is 58.9 Å². The molecular weight excluding hydrogens is 230 g/mol. The zero-order chi connectivity index (χ0) is 12.1. The van der Waals surface area contributed by atoms with Gasteiger partial charge in [-0.25, -0.2) is 4.98 Å². The number of benzene rings is 1. The molecule has 0 atom stereocenters. The van der Waals surface area contributed by atoms with Crippen molar-refractivity contribution < 1.29 is 0 Å². The number of thiazole rings is 1. The van der Waals surface area contributed by atoms with Crippen LogP contribution >= 0.6 is 11.3 Å². The van der Waals surface area contributed by atoms with Crippen molar-refractivity contribution in [3.05, 3.63) is 46.4 Å². The second-order valence-electron chi connectivity index (χ2n) is 4.27. The molecule has 1 N–H and O–H groups in total. The molecule has 1 heterocycles. The average molecular weight is 247 g/mol. The first-order valence-corrected chi connectivity index (χ1v) is 6.53. The van der Waals surface area contributed by atoms with E-state index in [-0.39, 0.29) is 0 Å². The van der Waals surface area contributed by atoms with Crippen molar-refractivity contribution in [2.75, 3.05) is 19.4 Å². The highest BCUT2D eigenvalue weighted by Crippen LogP contribution is 2.12. The van der Waals surface area contributed by atoms with E-state index in [1.165, 1.54) is 5.56 Å². The number of hydrogen-bond donors (Lipinski definition) is 1. The van der Waals surface area contributed by atoms with Crippen LogP contribution in [0.1, 0.15) is 11.3 Å². The SMILES string of the molecule is CN(C)Cc1ccc(NCc2cscn2)cc1. The van der Waals surface area contributed by atoms with Gasteiger partial charge in [0, 0.05) is 17.6 Å². The Kier molecular flexibility index (Phi) is 4.12. The molecule has 17 heavy (non-hydrogen) atoms. The molecule has 1 aromatic heterocycles. The summed E-state index contributed by atoms with van der Waals surface area (Å²) in [6.07, 6.45) is 0. The number of aromatic nitrogens is 1. The molecule has 2 rings (SSSR count). The molecule has 0 aliphatic heterocycles. The Bertz CT molecular complexity index is 434. The minimum Gasteiger partial charge on any atom is -0.379 e. The van der Waals surface area contributed by atoms with Gasteiger partial charge in [0.25, 0.3) is 0 Å². The van der Waals surface area contributed by atoms with Crippen LogP contribution in [-0.2, 0) is 13.1 Å². The van der Waals surface area contributed by atoms with E-state index in [0.29, 0.717) is 0 Å². The summed E-state index contributed by atoms with van der Waals surface area (Å²) in [7, 11) is 4.16. The molecule has 0 fully saturated rings.